The molecule has 1 heterocycles. The SMILES string of the molecule is COc1cccc2c1C(=O)N/C2=C\C(=O)O. The number of carboxylic acid groups (broad SMARTS) is 1. The van der Waals surface area contributed by atoms with Crippen molar-refractivity contribution in [1.29, 1.82) is 0 Å². The fraction of sp³-hybridized carbons (Fsp3) is 0.0909. The maximum atomic E-state index is 11.6. The van der Waals surface area contributed by atoms with Gasteiger partial charge in [-0.2, -0.15) is 0 Å². The Kier molecular flexibility index (Phi) is 2.36. The van der Waals surface area contributed by atoms with E-state index in [0.29, 0.717) is 16.9 Å². The lowest BCUT2D eigenvalue weighted by Gasteiger charge is -2.03. The predicted molar refractivity (Wildman–Crippen MR) is 56.1 cm³/mol. The maximum Gasteiger partial charge on any atom is 0.330 e. The zero-order valence-corrected chi connectivity index (χ0v) is 8.48. The normalized spacial score (nSPS) is 15.8. The molecule has 0 atom stereocenters. The fourth-order valence-corrected chi connectivity index (χ4v) is 1.65. The Morgan fingerprint density at radius 2 is 2.25 bits per heavy atom. The van der Waals surface area contributed by atoms with E-state index < -0.39 is 5.97 Å². The molecule has 0 spiro atoms. The molecule has 0 radical (unpaired) electrons. The van der Waals surface area contributed by atoms with E-state index in [4.69, 9.17) is 9.84 Å². The molecule has 0 saturated carbocycles. The van der Waals surface area contributed by atoms with Crippen molar-refractivity contribution in [3.05, 3.63) is 35.4 Å². The van der Waals surface area contributed by atoms with E-state index in [1.54, 1.807) is 18.2 Å². The summed E-state index contributed by atoms with van der Waals surface area (Å²) in [7, 11) is 1.46. The molecule has 0 aliphatic carbocycles. The average Bonchev–Trinajstić information content (AvgIpc) is 2.55. The minimum absolute atomic E-state index is 0.284. The van der Waals surface area contributed by atoms with Gasteiger partial charge in [0.15, 0.2) is 0 Å². The van der Waals surface area contributed by atoms with Crippen LogP contribution >= 0.6 is 0 Å². The van der Waals surface area contributed by atoms with E-state index in [1.807, 2.05) is 0 Å². The number of carbonyl (C=O) groups excluding carboxylic acids is 1. The minimum Gasteiger partial charge on any atom is -0.496 e. The lowest BCUT2D eigenvalue weighted by molar-refractivity contribution is -0.131. The summed E-state index contributed by atoms with van der Waals surface area (Å²) in [6.45, 7) is 0. The van der Waals surface area contributed by atoms with Gasteiger partial charge in [-0.05, 0) is 6.07 Å². The van der Waals surface area contributed by atoms with Crippen molar-refractivity contribution < 1.29 is 19.4 Å². The highest BCUT2D eigenvalue weighted by Gasteiger charge is 2.27. The smallest absolute Gasteiger partial charge is 0.330 e. The second-order valence-electron chi connectivity index (χ2n) is 3.23. The van der Waals surface area contributed by atoms with Crippen molar-refractivity contribution >= 4 is 17.6 Å². The van der Waals surface area contributed by atoms with Gasteiger partial charge in [0.25, 0.3) is 5.91 Å². The highest BCUT2D eigenvalue weighted by Crippen LogP contribution is 2.31. The first-order valence-electron chi connectivity index (χ1n) is 4.57. The number of rotatable bonds is 2. The molecule has 0 unspecified atom stereocenters. The number of nitrogens with one attached hydrogen (secondary N) is 1. The molecular weight excluding hydrogens is 210 g/mol. The van der Waals surface area contributed by atoms with Crippen LogP contribution in [-0.4, -0.2) is 24.1 Å². The number of carbonyl (C=O) groups is 2. The van der Waals surface area contributed by atoms with Crippen molar-refractivity contribution in [3.8, 4) is 5.75 Å². The molecule has 0 bridgehead atoms. The van der Waals surface area contributed by atoms with Gasteiger partial charge in [-0.1, -0.05) is 12.1 Å². The molecule has 82 valence electrons. The molecule has 2 rings (SSSR count). The van der Waals surface area contributed by atoms with Crippen molar-refractivity contribution in [1.82, 2.24) is 5.32 Å². The largest absolute Gasteiger partial charge is 0.496 e. The molecule has 1 aromatic rings. The number of aliphatic carboxylic acids is 1. The van der Waals surface area contributed by atoms with E-state index in [9.17, 15) is 9.59 Å². The Morgan fingerprint density at radius 1 is 1.50 bits per heavy atom. The third-order valence-corrected chi connectivity index (χ3v) is 2.28. The summed E-state index contributed by atoms with van der Waals surface area (Å²) in [6.07, 6.45) is 0.961. The number of methoxy groups -OCH3 is 1. The molecule has 2 N–H and O–H groups in total. The molecule has 5 nitrogen and oxygen atoms in total. The summed E-state index contributed by atoms with van der Waals surface area (Å²) < 4.78 is 5.05. The Labute approximate surface area is 91.3 Å². The van der Waals surface area contributed by atoms with Crippen LogP contribution in [0.25, 0.3) is 5.70 Å². The van der Waals surface area contributed by atoms with Crippen molar-refractivity contribution in [2.75, 3.05) is 7.11 Å². The topological polar surface area (TPSA) is 75.6 Å². The number of amides is 1. The van der Waals surface area contributed by atoms with E-state index in [1.165, 1.54) is 7.11 Å². The third kappa shape index (κ3) is 1.52. The average molecular weight is 219 g/mol. The number of benzene rings is 1. The molecule has 1 aliphatic rings. The number of fused-ring (bicyclic) bond motifs is 1. The van der Waals surface area contributed by atoms with Gasteiger partial charge < -0.3 is 15.2 Å². The van der Waals surface area contributed by atoms with Crippen LogP contribution in [0.5, 0.6) is 5.75 Å². The van der Waals surface area contributed by atoms with Gasteiger partial charge in [-0.25, -0.2) is 4.79 Å². The second kappa shape index (κ2) is 3.69. The molecule has 0 aromatic heterocycles. The highest BCUT2D eigenvalue weighted by molar-refractivity contribution is 6.13. The maximum absolute atomic E-state index is 11.6. The first-order valence-corrected chi connectivity index (χ1v) is 4.57. The summed E-state index contributed by atoms with van der Waals surface area (Å²) in [4.78, 5) is 22.2. The van der Waals surface area contributed by atoms with Crippen LogP contribution in [-0.2, 0) is 4.79 Å². The van der Waals surface area contributed by atoms with Gasteiger partial charge in [0.05, 0.1) is 18.4 Å². The van der Waals surface area contributed by atoms with Gasteiger partial charge >= 0.3 is 5.97 Å². The third-order valence-electron chi connectivity index (χ3n) is 2.28. The highest BCUT2D eigenvalue weighted by atomic mass is 16.5. The minimum atomic E-state index is -1.11. The van der Waals surface area contributed by atoms with Crippen LogP contribution in [0.4, 0.5) is 0 Å². The Balaban J connectivity index is 2.60. The van der Waals surface area contributed by atoms with E-state index in [-0.39, 0.29) is 11.6 Å². The van der Waals surface area contributed by atoms with Crippen LogP contribution in [0.1, 0.15) is 15.9 Å². The zero-order chi connectivity index (χ0) is 11.7. The molecule has 5 heteroatoms. The van der Waals surface area contributed by atoms with Crippen LogP contribution in [0.3, 0.4) is 0 Å². The first-order chi connectivity index (χ1) is 7.63. The van der Waals surface area contributed by atoms with Crippen molar-refractivity contribution in [2.24, 2.45) is 0 Å². The second-order valence-corrected chi connectivity index (χ2v) is 3.23. The first kappa shape index (κ1) is 10.2. The zero-order valence-electron chi connectivity index (χ0n) is 8.48. The summed E-state index contributed by atoms with van der Waals surface area (Å²) in [5.74, 6) is -1.02. The van der Waals surface area contributed by atoms with E-state index in [0.717, 1.165) is 6.08 Å². The summed E-state index contributed by atoms with van der Waals surface area (Å²) in [5.41, 5.74) is 1.20. The lowest BCUT2D eigenvalue weighted by atomic mass is 10.1. The molecular formula is C11H9NO4. The lowest BCUT2D eigenvalue weighted by Crippen LogP contribution is -2.13. The standard InChI is InChI=1S/C11H9NO4/c1-16-8-4-2-3-6-7(5-9(13)14)12-11(15)10(6)8/h2-5H,1H3,(H,12,15)(H,13,14)/b7-5-. The van der Waals surface area contributed by atoms with E-state index >= 15 is 0 Å². The molecule has 1 aromatic carbocycles. The van der Waals surface area contributed by atoms with Crippen LogP contribution < -0.4 is 10.1 Å². The number of hydrogen-bond acceptors (Lipinski definition) is 3. The monoisotopic (exact) mass is 219 g/mol. The molecule has 1 aliphatic heterocycles. The quantitative estimate of drug-likeness (QED) is 0.723. The van der Waals surface area contributed by atoms with Gasteiger partial charge in [-0.3, -0.25) is 4.79 Å². The molecule has 1 amide bonds. The summed E-state index contributed by atoms with van der Waals surface area (Å²) in [6, 6.07) is 5.03. The van der Waals surface area contributed by atoms with Gasteiger partial charge in [0.1, 0.15) is 5.75 Å². The van der Waals surface area contributed by atoms with Crippen molar-refractivity contribution in [3.63, 3.8) is 0 Å². The van der Waals surface area contributed by atoms with Gasteiger partial charge in [-0.15, -0.1) is 0 Å². The Morgan fingerprint density at radius 3 is 2.88 bits per heavy atom. The summed E-state index contributed by atoms with van der Waals surface area (Å²) >= 11 is 0. The van der Waals surface area contributed by atoms with Gasteiger partial charge in [0, 0.05) is 11.6 Å². The number of hydrogen-bond donors (Lipinski definition) is 2. The fourth-order valence-electron chi connectivity index (χ4n) is 1.65. The van der Waals surface area contributed by atoms with Gasteiger partial charge in [0.2, 0.25) is 0 Å². The Hall–Kier alpha value is -2.30. The molecule has 0 saturated heterocycles. The van der Waals surface area contributed by atoms with Crippen LogP contribution in [0, 0.1) is 0 Å². The van der Waals surface area contributed by atoms with E-state index in [2.05, 4.69) is 5.32 Å². The van der Waals surface area contributed by atoms with Crippen LogP contribution in [0.15, 0.2) is 24.3 Å². The number of ether oxygens (including phenoxy) is 1. The molecule has 0 fully saturated rings. The summed E-state index contributed by atoms with van der Waals surface area (Å²) in [5, 5.41) is 11.1. The predicted octanol–water partition coefficient (Wildman–Crippen LogP) is 0.864. The molecule has 16 heavy (non-hydrogen) atoms. The van der Waals surface area contributed by atoms with Crippen LogP contribution in [0.2, 0.25) is 0 Å². The Bertz CT molecular complexity index is 505. The number of carboxylic acids is 1. The van der Waals surface area contributed by atoms with Crippen molar-refractivity contribution in [2.45, 2.75) is 0 Å².